The van der Waals surface area contributed by atoms with E-state index in [9.17, 15) is 14.4 Å². The molecule has 1 aliphatic carbocycles. The van der Waals surface area contributed by atoms with E-state index in [1.165, 1.54) is 0 Å². The molecule has 6 nitrogen and oxygen atoms in total. The van der Waals surface area contributed by atoms with Gasteiger partial charge in [-0.1, -0.05) is 0 Å². The van der Waals surface area contributed by atoms with Crippen molar-refractivity contribution in [2.24, 2.45) is 5.73 Å². The third kappa shape index (κ3) is 2.25. The van der Waals surface area contributed by atoms with Crippen LogP contribution in [0.5, 0.6) is 0 Å². The highest BCUT2D eigenvalue weighted by molar-refractivity contribution is 6.12. The summed E-state index contributed by atoms with van der Waals surface area (Å²) in [4.78, 5) is 32.5. The van der Waals surface area contributed by atoms with Gasteiger partial charge in [-0.3, -0.25) is 15.3 Å². The number of carbonyl (C=O) groups is 3. The average Bonchev–Trinajstić information content (AvgIpc) is 2.36. The second-order valence-electron chi connectivity index (χ2n) is 2.49. The molecule has 0 saturated heterocycles. The number of Topliss-reactive ketones (excluding diaryl/α,β-unsaturated/α-hetero) is 2. The van der Waals surface area contributed by atoms with Gasteiger partial charge in [-0.2, -0.15) is 0 Å². The molecule has 1 aliphatic rings. The van der Waals surface area contributed by atoms with Gasteiger partial charge in [0, 0.05) is 12.8 Å². The number of rotatable bonds is 2. The fourth-order valence-corrected chi connectivity index (χ4v) is 1.02. The van der Waals surface area contributed by atoms with Crippen molar-refractivity contribution in [3.05, 3.63) is 0 Å². The van der Waals surface area contributed by atoms with Gasteiger partial charge in [0.05, 0.1) is 0 Å². The summed E-state index contributed by atoms with van der Waals surface area (Å²) in [5.74, 6) is -0.780. The van der Waals surface area contributed by atoms with E-state index in [0.717, 1.165) is 0 Å². The van der Waals surface area contributed by atoms with Crippen LogP contribution in [0.4, 0.5) is 4.79 Å². The third-order valence-electron chi connectivity index (χ3n) is 1.62. The van der Waals surface area contributed by atoms with Crippen molar-refractivity contribution in [3.63, 3.8) is 0 Å². The van der Waals surface area contributed by atoms with Crippen molar-refractivity contribution in [2.45, 2.75) is 18.9 Å². The smallest absolute Gasteiger partial charge is 0.419 e. The Morgan fingerprint density at radius 1 is 1.38 bits per heavy atom. The molecule has 0 aromatic rings. The summed E-state index contributed by atoms with van der Waals surface area (Å²) in [6, 6.07) is 0. The molecule has 1 fully saturated rings. The zero-order valence-electron chi connectivity index (χ0n) is 6.82. The summed E-state index contributed by atoms with van der Waals surface area (Å²) >= 11 is 0. The van der Waals surface area contributed by atoms with E-state index in [0.29, 0.717) is 0 Å². The summed E-state index contributed by atoms with van der Waals surface area (Å²) in [6.07, 6.45) is -2.12. The van der Waals surface area contributed by atoms with Crippen LogP contribution in [0.2, 0.25) is 0 Å². The van der Waals surface area contributed by atoms with Gasteiger partial charge in [-0.25, -0.2) is 4.79 Å². The highest BCUT2D eigenvalue weighted by Gasteiger charge is 2.36. The second kappa shape index (κ2) is 3.99. The molecule has 0 aromatic carbocycles. The van der Waals surface area contributed by atoms with Gasteiger partial charge in [0.1, 0.15) is 6.73 Å². The Bertz CT molecular complexity index is 233. The van der Waals surface area contributed by atoms with Crippen LogP contribution in [0.25, 0.3) is 0 Å². The minimum atomic E-state index is -1.28. The van der Waals surface area contributed by atoms with Gasteiger partial charge in [-0.15, -0.1) is 0 Å². The quantitative estimate of drug-likeness (QED) is 0.351. The second-order valence-corrected chi connectivity index (χ2v) is 2.49. The SMILES string of the molecule is NCOC(=O)OC1C(=O)CCC1=O. The molecular weight excluding hydrogens is 178 g/mol. The number of hydrogen-bond donors (Lipinski definition) is 1. The first-order valence-electron chi connectivity index (χ1n) is 3.74. The molecule has 1 rings (SSSR count). The van der Waals surface area contributed by atoms with E-state index < -0.39 is 12.3 Å². The predicted molar refractivity (Wildman–Crippen MR) is 39.7 cm³/mol. The summed E-state index contributed by atoms with van der Waals surface area (Å²) in [5.41, 5.74) is 4.88. The van der Waals surface area contributed by atoms with Crippen LogP contribution in [0.15, 0.2) is 0 Å². The fourth-order valence-electron chi connectivity index (χ4n) is 1.02. The lowest BCUT2D eigenvalue weighted by Crippen LogP contribution is -2.29. The molecule has 13 heavy (non-hydrogen) atoms. The van der Waals surface area contributed by atoms with Crippen LogP contribution in [-0.4, -0.2) is 30.6 Å². The molecule has 0 radical (unpaired) electrons. The molecule has 0 amide bonds. The Labute approximate surface area is 74.0 Å². The van der Waals surface area contributed by atoms with Crippen molar-refractivity contribution in [3.8, 4) is 0 Å². The van der Waals surface area contributed by atoms with Crippen molar-refractivity contribution in [2.75, 3.05) is 6.73 Å². The van der Waals surface area contributed by atoms with Crippen LogP contribution in [-0.2, 0) is 19.1 Å². The summed E-state index contributed by atoms with van der Waals surface area (Å²) < 4.78 is 8.65. The number of nitrogens with two attached hydrogens (primary N) is 1. The van der Waals surface area contributed by atoms with E-state index in [-0.39, 0.29) is 31.1 Å². The predicted octanol–water partition coefficient (Wildman–Crippen LogP) is -0.644. The topological polar surface area (TPSA) is 95.7 Å². The highest BCUT2D eigenvalue weighted by Crippen LogP contribution is 2.14. The minimum absolute atomic E-state index is 0.124. The van der Waals surface area contributed by atoms with Crippen LogP contribution < -0.4 is 5.73 Å². The first kappa shape index (κ1) is 9.66. The van der Waals surface area contributed by atoms with E-state index in [1.54, 1.807) is 0 Å². The van der Waals surface area contributed by atoms with E-state index in [1.807, 2.05) is 0 Å². The summed E-state index contributed by atoms with van der Waals surface area (Å²) in [7, 11) is 0. The van der Waals surface area contributed by atoms with E-state index in [4.69, 9.17) is 5.73 Å². The van der Waals surface area contributed by atoms with Crippen LogP contribution >= 0.6 is 0 Å². The summed E-state index contributed by atoms with van der Waals surface area (Å²) in [5, 5.41) is 0. The monoisotopic (exact) mass is 187 g/mol. The Morgan fingerprint density at radius 2 is 1.92 bits per heavy atom. The van der Waals surface area contributed by atoms with Gasteiger partial charge in [0.15, 0.2) is 11.6 Å². The van der Waals surface area contributed by atoms with Gasteiger partial charge >= 0.3 is 6.16 Å². The standard InChI is InChI=1S/C7H9NO5/c8-3-12-7(11)13-6-4(9)1-2-5(6)10/h6H,1-3,8H2. The lowest BCUT2D eigenvalue weighted by Gasteiger charge is -2.07. The number of ether oxygens (including phenoxy) is 2. The molecule has 72 valence electrons. The van der Waals surface area contributed by atoms with Crippen LogP contribution in [0.1, 0.15) is 12.8 Å². The van der Waals surface area contributed by atoms with E-state index >= 15 is 0 Å². The van der Waals surface area contributed by atoms with Crippen molar-refractivity contribution in [1.82, 2.24) is 0 Å². The van der Waals surface area contributed by atoms with Gasteiger partial charge in [0.25, 0.3) is 0 Å². The molecule has 0 spiro atoms. The summed E-state index contributed by atoms with van der Waals surface area (Å²) in [6.45, 7) is -0.339. The van der Waals surface area contributed by atoms with Gasteiger partial charge in [-0.05, 0) is 0 Å². The zero-order chi connectivity index (χ0) is 9.84. The Hall–Kier alpha value is -1.43. The molecule has 1 saturated carbocycles. The molecule has 0 atom stereocenters. The Morgan fingerprint density at radius 3 is 2.38 bits per heavy atom. The number of carbonyl (C=O) groups excluding carboxylic acids is 3. The Balaban J connectivity index is 2.48. The van der Waals surface area contributed by atoms with Crippen LogP contribution in [0, 0.1) is 0 Å². The first-order valence-corrected chi connectivity index (χ1v) is 3.74. The maximum atomic E-state index is 10.9. The van der Waals surface area contributed by atoms with Crippen LogP contribution in [0.3, 0.4) is 0 Å². The van der Waals surface area contributed by atoms with Crippen molar-refractivity contribution in [1.29, 1.82) is 0 Å². The maximum absolute atomic E-state index is 10.9. The zero-order valence-corrected chi connectivity index (χ0v) is 6.82. The molecular formula is C7H9NO5. The van der Waals surface area contributed by atoms with E-state index in [2.05, 4.69) is 9.47 Å². The number of ketones is 2. The molecule has 6 heteroatoms. The molecule has 2 N–H and O–H groups in total. The molecule has 0 unspecified atom stereocenters. The molecule has 0 aromatic heterocycles. The average molecular weight is 187 g/mol. The third-order valence-corrected chi connectivity index (χ3v) is 1.62. The lowest BCUT2D eigenvalue weighted by molar-refractivity contribution is -0.134. The minimum Gasteiger partial charge on any atom is -0.419 e. The Kier molecular flexibility index (Phi) is 2.97. The fraction of sp³-hybridized carbons (Fsp3) is 0.571. The van der Waals surface area contributed by atoms with Crippen molar-refractivity contribution < 1.29 is 23.9 Å². The van der Waals surface area contributed by atoms with Crippen molar-refractivity contribution >= 4 is 17.7 Å². The maximum Gasteiger partial charge on any atom is 0.510 e. The number of hydrogen-bond acceptors (Lipinski definition) is 6. The molecule has 0 heterocycles. The highest BCUT2D eigenvalue weighted by atomic mass is 16.7. The van der Waals surface area contributed by atoms with Gasteiger partial charge < -0.3 is 9.47 Å². The van der Waals surface area contributed by atoms with Gasteiger partial charge in [0.2, 0.25) is 6.10 Å². The molecule has 0 aliphatic heterocycles. The normalized spacial score (nSPS) is 17.6. The lowest BCUT2D eigenvalue weighted by atomic mass is 10.3. The molecule has 0 bridgehead atoms. The largest absolute Gasteiger partial charge is 0.510 e. The first-order chi connectivity index (χ1) is 6.15.